The Balaban J connectivity index is 0.00000338. The van der Waals surface area contributed by atoms with Gasteiger partial charge in [-0.15, -0.1) is 24.0 Å². The van der Waals surface area contributed by atoms with Crippen LogP contribution in [0.25, 0.3) is 0 Å². The Morgan fingerprint density at radius 2 is 1.96 bits per heavy atom. The molecule has 1 N–H and O–H groups in total. The predicted molar refractivity (Wildman–Crippen MR) is 112 cm³/mol. The molecule has 152 valence electrons. The molecule has 0 aromatic carbocycles. The van der Waals surface area contributed by atoms with E-state index in [4.69, 9.17) is 9.47 Å². The summed E-state index contributed by atoms with van der Waals surface area (Å²) in [5.41, 5.74) is 0. The molecule has 0 aromatic rings. The summed E-state index contributed by atoms with van der Waals surface area (Å²) in [6.45, 7) is 4.17. The van der Waals surface area contributed by atoms with Gasteiger partial charge in [0.15, 0.2) is 5.96 Å². The van der Waals surface area contributed by atoms with Gasteiger partial charge in [-0.25, -0.2) is 0 Å². The Labute approximate surface area is 174 Å². The first-order chi connectivity index (χ1) is 12.2. The van der Waals surface area contributed by atoms with Crippen LogP contribution in [-0.2, 0) is 19.0 Å². The van der Waals surface area contributed by atoms with Crippen molar-refractivity contribution < 1.29 is 19.0 Å². The minimum atomic E-state index is -0.119. The van der Waals surface area contributed by atoms with E-state index in [1.165, 1.54) is 7.11 Å². The van der Waals surface area contributed by atoms with Crippen LogP contribution in [0.4, 0.5) is 0 Å². The Morgan fingerprint density at radius 3 is 2.65 bits per heavy atom. The number of nitrogens with zero attached hydrogens (tertiary/aromatic N) is 2. The number of methoxy groups -OCH3 is 1. The average molecular weight is 483 g/mol. The lowest BCUT2D eigenvalue weighted by Gasteiger charge is -2.37. The number of guanidine groups is 1. The van der Waals surface area contributed by atoms with Gasteiger partial charge in [-0.05, 0) is 25.7 Å². The standard InChI is InChI=1S/C18H33N3O4.HI/c1-19-18(20-10-6-4-3-5-9-17(22)23-2)21-11-13-25-16(14-21)15-8-7-12-24-15;/h15-16H,3-14H2,1-2H3,(H,19,20);1H. The number of esters is 1. The third kappa shape index (κ3) is 7.96. The molecule has 26 heavy (non-hydrogen) atoms. The van der Waals surface area contributed by atoms with Crippen LogP contribution in [0.5, 0.6) is 0 Å². The van der Waals surface area contributed by atoms with Crippen molar-refractivity contribution in [2.75, 3.05) is 47.0 Å². The van der Waals surface area contributed by atoms with Crippen LogP contribution >= 0.6 is 24.0 Å². The van der Waals surface area contributed by atoms with E-state index in [0.29, 0.717) is 6.42 Å². The second-order valence-corrected chi connectivity index (χ2v) is 6.62. The number of halogens is 1. The average Bonchev–Trinajstić information content (AvgIpc) is 3.18. The smallest absolute Gasteiger partial charge is 0.305 e. The molecule has 2 saturated heterocycles. The molecule has 0 aromatic heterocycles. The lowest BCUT2D eigenvalue weighted by molar-refractivity contribution is -0.140. The van der Waals surface area contributed by atoms with E-state index in [2.05, 4.69) is 19.9 Å². The van der Waals surface area contributed by atoms with Gasteiger partial charge in [0.05, 0.1) is 19.8 Å². The molecule has 2 aliphatic heterocycles. The lowest BCUT2D eigenvalue weighted by atomic mass is 10.1. The van der Waals surface area contributed by atoms with Crippen molar-refractivity contribution in [3.8, 4) is 0 Å². The molecule has 0 aliphatic carbocycles. The van der Waals surface area contributed by atoms with Crippen molar-refractivity contribution in [2.45, 2.75) is 57.2 Å². The molecule has 2 aliphatic rings. The molecule has 2 rings (SSSR count). The van der Waals surface area contributed by atoms with Gasteiger partial charge >= 0.3 is 5.97 Å². The first-order valence-corrected chi connectivity index (χ1v) is 9.50. The minimum Gasteiger partial charge on any atom is -0.469 e. The molecule has 0 radical (unpaired) electrons. The summed E-state index contributed by atoms with van der Waals surface area (Å²) in [7, 11) is 3.27. The van der Waals surface area contributed by atoms with E-state index >= 15 is 0 Å². The monoisotopic (exact) mass is 483 g/mol. The number of ether oxygens (including phenoxy) is 3. The Kier molecular flexibility index (Phi) is 12.2. The number of unbranched alkanes of at least 4 members (excludes halogenated alkanes) is 3. The molecule has 2 unspecified atom stereocenters. The fraction of sp³-hybridized carbons (Fsp3) is 0.889. The first kappa shape index (κ1) is 23.4. The first-order valence-electron chi connectivity index (χ1n) is 9.50. The number of hydrogen-bond donors (Lipinski definition) is 1. The maximum absolute atomic E-state index is 11.1. The highest BCUT2D eigenvalue weighted by atomic mass is 127. The molecule has 0 amide bonds. The SMILES string of the molecule is CN=C(NCCCCCCC(=O)OC)N1CCOC(C2CCCO2)C1.I. The molecular formula is C18H34IN3O4. The summed E-state index contributed by atoms with van der Waals surface area (Å²) in [4.78, 5) is 17.7. The highest BCUT2D eigenvalue weighted by molar-refractivity contribution is 14.0. The number of rotatable bonds is 8. The number of aliphatic imine (C=N–C) groups is 1. The van der Waals surface area contributed by atoms with Crippen LogP contribution in [0, 0.1) is 0 Å². The van der Waals surface area contributed by atoms with Crippen molar-refractivity contribution in [1.82, 2.24) is 10.2 Å². The Morgan fingerprint density at radius 1 is 1.19 bits per heavy atom. The second kappa shape index (κ2) is 13.5. The van der Waals surface area contributed by atoms with E-state index in [1.807, 2.05) is 7.05 Å². The van der Waals surface area contributed by atoms with Crippen molar-refractivity contribution in [3.05, 3.63) is 0 Å². The van der Waals surface area contributed by atoms with Gasteiger partial charge < -0.3 is 24.4 Å². The normalized spacial score (nSPS) is 23.5. The quantitative estimate of drug-likeness (QED) is 0.188. The van der Waals surface area contributed by atoms with Crippen LogP contribution in [0.1, 0.15) is 44.9 Å². The number of morpholine rings is 1. The topological polar surface area (TPSA) is 72.4 Å². The number of carbonyl (C=O) groups excluding carboxylic acids is 1. The highest BCUT2D eigenvalue weighted by Gasteiger charge is 2.32. The van der Waals surface area contributed by atoms with Gasteiger partial charge in [0, 0.05) is 39.7 Å². The molecule has 0 spiro atoms. The van der Waals surface area contributed by atoms with E-state index in [1.54, 1.807) is 0 Å². The van der Waals surface area contributed by atoms with Gasteiger partial charge in [-0.3, -0.25) is 9.79 Å². The zero-order valence-electron chi connectivity index (χ0n) is 16.1. The zero-order valence-corrected chi connectivity index (χ0v) is 18.4. The fourth-order valence-electron chi connectivity index (χ4n) is 3.37. The molecule has 8 heteroatoms. The maximum atomic E-state index is 11.1. The Bertz CT molecular complexity index is 431. The fourth-order valence-corrected chi connectivity index (χ4v) is 3.37. The van der Waals surface area contributed by atoms with E-state index < -0.39 is 0 Å². The third-order valence-corrected chi connectivity index (χ3v) is 4.80. The van der Waals surface area contributed by atoms with E-state index in [-0.39, 0.29) is 42.2 Å². The molecule has 7 nitrogen and oxygen atoms in total. The van der Waals surface area contributed by atoms with Gasteiger partial charge in [-0.1, -0.05) is 12.8 Å². The highest BCUT2D eigenvalue weighted by Crippen LogP contribution is 2.21. The summed E-state index contributed by atoms with van der Waals surface area (Å²) >= 11 is 0. The minimum absolute atomic E-state index is 0. The van der Waals surface area contributed by atoms with Crippen LogP contribution in [0.2, 0.25) is 0 Å². The van der Waals surface area contributed by atoms with Crippen LogP contribution in [0.15, 0.2) is 4.99 Å². The predicted octanol–water partition coefficient (Wildman–Crippen LogP) is 2.18. The van der Waals surface area contributed by atoms with Gasteiger partial charge in [0.2, 0.25) is 0 Å². The van der Waals surface area contributed by atoms with Crippen molar-refractivity contribution in [3.63, 3.8) is 0 Å². The van der Waals surface area contributed by atoms with Gasteiger partial charge in [0.25, 0.3) is 0 Å². The number of nitrogens with one attached hydrogen (secondary N) is 1. The molecule has 2 fully saturated rings. The van der Waals surface area contributed by atoms with Gasteiger partial charge in [-0.2, -0.15) is 0 Å². The van der Waals surface area contributed by atoms with Crippen LogP contribution in [0.3, 0.4) is 0 Å². The van der Waals surface area contributed by atoms with E-state index in [9.17, 15) is 4.79 Å². The molecule has 0 bridgehead atoms. The number of hydrogen-bond acceptors (Lipinski definition) is 5. The summed E-state index contributed by atoms with van der Waals surface area (Å²) in [5, 5.41) is 3.45. The molecule has 0 saturated carbocycles. The van der Waals surface area contributed by atoms with Crippen molar-refractivity contribution >= 4 is 35.9 Å². The van der Waals surface area contributed by atoms with Crippen molar-refractivity contribution in [2.24, 2.45) is 4.99 Å². The second-order valence-electron chi connectivity index (χ2n) is 6.62. The molecule has 2 atom stereocenters. The number of carbonyl (C=O) groups is 1. The van der Waals surface area contributed by atoms with Crippen molar-refractivity contribution in [1.29, 1.82) is 0 Å². The van der Waals surface area contributed by atoms with E-state index in [0.717, 1.165) is 77.3 Å². The van der Waals surface area contributed by atoms with Crippen LogP contribution in [-0.4, -0.2) is 76.0 Å². The summed E-state index contributed by atoms with van der Waals surface area (Å²) in [6, 6.07) is 0. The third-order valence-electron chi connectivity index (χ3n) is 4.80. The van der Waals surface area contributed by atoms with Crippen LogP contribution < -0.4 is 5.32 Å². The lowest BCUT2D eigenvalue weighted by Crippen LogP contribution is -2.53. The summed E-state index contributed by atoms with van der Waals surface area (Å²) in [6.07, 6.45) is 7.24. The molecule has 2 heterocycles. The summed E-state index contributed by atoms with van der Waals surface area (Å²) in [5.74, 6) is 0.826. The maximum Gasteiger partial charge on any atom is 0.305 e. The van der Waals surface area contributed by atoms with Gasteiger partial charge in [0.1, 0.15) is 6.10 Å². The zero-order chi connectivity index (χ0) is 17.9. The molecular weight excluding hydrogens is 449 g/mol. The Hall–Kier alpha value is -0.610. The largest absolute Gasteiger partial charge is 0.469 e. The summed E-state index contributed by atoms with van der Waals surface area (Å²) < 4.78 is 16.3.